The molecule has 0 bridgehead atoms. The number of Topliss-reactive ketones (excluding diaryl/α,β-unsaturated/α-hetero) is 1. The maximum absolute atomic E-state index is 11.4. The molecular formula is C9H17NO. The Bertz CT molecular complexity index is 154. The standard InChI is InChI=1S/C9H17NO/c1-7(2)8-6-10(3)5-4-9(8)11/h7-8H,4-6H2,1-3H3/t8-/m1/s1. The van der Waals surface area contributed by atoms with Crippen molar-refractivity contribution >= 4 is 5.78 Å². The number of carbonyl (C=O) groups is 1. The molecule has 0 radical (unpaired) electrons. The Morgan fingerprint density at radius 3 is 2.64 bits per heavy atom. The van der Waals surface area contributed by atoms with E-state index in [-0.39, 0.29) is 5.92 Å². The lowest BCUT2D eigenvalue weighted by molar-refractivity contribution is -0.127. The molecule has 0 N–H and O–H groups in total. The summed E-state index contributed by atoms with van der Waals surface area (Å²) in [5.41, 5.74) is 0. The first-order valence-corrected chi connectivity index (χ1v) is 4.32. The molecule has 2 heteroatoms. The second kappa shape index (κ2) is 3.35. The highest BCUT2D eigenvalue weighted by atomic mass is 16.1. The van der Waals surface area contributed by atoms with Gasteiger partial charge in [-0.3, -0.25) is 4.79 Å². The van der Waals surface area contributed by atoms with Gasteiger partial charge in [-0.25, -0.2) is 0 Å². The molecule has 0 aromatic rings. The van der Waals surface area contributed by atoms with Crippen molar-refractivity contribution in [2.45, 2.75) is 20.3 Å². The molecule has 0 unspecified atom stereocenters. The molecule has 1 aliphatic heterocycles. The van der Waals surface area contributed by atoms with Crippen molar-refractivity contribution in [2.75, 3.05) is 20.1 Å². The first-order chi connectivity index (χ1) is 5.11. The zero-order chi connectivity index (χ0) is 8.43. The monoisotopic (exact) mass is 155 g/mol. The number of likely N-dealkylation sites (tertiary alicyclic amines) is 1. The maximum atomic E-state index is 11.4. The number of carbonyl (C=O) groups excluding carboxylic acids is 1. The third kappa shape index (κ3) is 2.03. The molecule has 0 aromatic carbocycles. The fourth-order valence-electron chi connectivity index (χ4n) is 1.60. The maximum Gasteiger partial charge on any atom is 0.138 e. The fourth-order valence-corrected chi connectivity index (χ4v) is 1.60. The molecule has 0 amide bonds. The van der Waals surface area contributed by atoms with Gasteiger partial charge in [0.2, 0.25) is 0 Å². The zero-order valence-electron chi connectivity index (χ0n) is 7.63. The van der Waals surface area contributed by atoms with Crippen molar-refractivity contribution in [3.05, 3.63) is 0 Å². The lowest BCUT2D eigenvalue weighted by Crippen LogP contribution is -2.40. The van der Waals surface area contributed by atoms with E-state index in [2.05, 4.69) is 25.8 Å². The number of piperidine rings is 1. The quantitative estimate of drug-likeness (QED) is 0.566. The number of ketones is 1. The molecule has 0 aromatic heterocycles. The van der Waals surface area contributed by atoms with Gasteiger partial charge in [0.05, 0.1) is 0 Å². The Morgan fingerprint density at radius 1 is 1.55 bits per heavy atom. The van der Waals surface area contributed by atoms with Crippen LogP contribution in [0.15, 0.2) is 0 Å². The molecule has 1 aliphatic rings. The summed E-state index contributed by atoms with van der Waals surface area (Å²) in [7, 11) is 2.09. The van der Waals surface area contributed by atoms with Gasteiger partial charge in [0, 0.05) is 25.4 Å². The van der Waals surface area contributed by atoms with Gasteiger partial charge in [0.15, 0.2) is 0 Å². The second-order valence-corrected chi connectivity index (χ2v) is 3.83. The summed E-state index contributed by atoms with van der Waals surface area (Å²) in [6.45, 7) is 6.15. The van der Waals surface area contributed by atoms with Crippen LogP contribution in [-0.4, -0.2) is 30.8 Å². The SMILES string of the molecule is CC(C)[C@H]1CN(C)CCC1=O. The Hall–Kier alpha value is -0.370. The average molecular weight is 155 g/mol. The minimum atomic E-state index is 0.286. The van der Waals surface area contributed by atoms with Gasteiger partial charge in [-0.05, 0) is 13.0 Å². The van der Waals surface area contributed by atoms with Crippen LogP contribution in [0.1, 0.15) is 20.3 Å². The first-order valence-electron chi connectivity index (χ1n) is 4.32. The summed E-state index contributed by atoms with van der Waals surface area (Å²) >= 11 is 0. The highest BCUT2D eigenvalue weighted by Crippen LogP contribution is 2.19. The molecule has 64 valence electrons. The second-order valence-electron chi connectivity index (χ2n) is 3.83. The Labute approximate surface area is 68.6 Å². The van der Waals surface area contributed by atoms with Gasteiger partial charge in [0.1, 0.15) is 5.78 Å². The summed E-state index contributed by atoms with van der Waals surface area (Å²) in [5.74, 6) is 1.25. The molecule has 1 saturated heterocycles. The van der Waals surface area contributed by atoms with Gasteiger partial charge in [-0.2, -0.15) is 0 Å². The molecular weight excluding hydrogens is 138 g/mol. The third-order valence-electron chi connectivity index (χ3n) is 2.47. The van der Waals surface area contributed by atoms with Crippen LogP contribution in [0.2, 0.25) is 0 Å². The summed E-state index contributed by atoms with van der Waals surface area (Å²) < 4.78 is 0. The Balaban J connectivity index is 2.54. The van der Waals surface area contributed by atoms with E-state index in [1.54, 1.807) is 0 Å². The zero-order valence-corrected chi connectivity index (χ0v) is 7.63. The molecule has 1 rings (SSSR count). The lowest BCUT2D eigenvalue weighted by atomic mass is 9.87. The van der Waals surface area contributed by atoms with Crippen molar-refractivity contribution in [3.63, 3.8) is 0 Å². The predicted octanol–water partition coefficient (Wildman–Crippen LogP) is 1.16. The summed E-state index contributed by atoms with van der Waals surface area (Å²) in [5, 5.41) is 0. The van der Waals surface area contributed by atoms with Gasteiger partial charge >= 0.3 is 0 Å². The summed E-state index contributed by atoms with van der Waals surface area (Å²) in [6, 6.07) is 0. The van der Waals surface area contributed by atoms with Crippen LogP contribution in [0.3, 0.4) is 0 Å². The number of rotatable bonds is 1. The predicted molar refractivity (Wildman–Crippen MR) is 45.4 cm³/mol. The molecule has 0 saturated carbocycles. The van der Waals surface area contributed by atoms with Crippen LogP contribution in [0.25, 0.3) is 0 Å². The van der Waals surface area contributed by atoms with Crippen molar-refractivity contribution in [2.24, 2.45) is 11.8 Å². The molecule has 1 atom stereocenters. The normalized spacial score (nSPS) is 28.0. The topological polar surface area (TPSA) is 20.3 Å². The van der Waals surface area contributed by atoms with Gasteiger partial charge < -0.3 is 4.90 Å². The van der Waals surface area contributed by atoms with Crippen LogP contribution in [0.5, 0.6) is 0 Å². The van der Waals surface area contributed by atoms with E-state index in [9.17, 15) is 4.79 Å². The van der Waals surface area contributed by atoms with Crippen molar-refractivity contribution in [3.8, 4) is 0 Å². The molecule has 1 heterocycles. The van der Waals surface area contributed by atoms with Crippen LogP contribution in [0, 0.1) is 11.8 Å². The molecule has 0 aliphatic carbocycles. The number of nitrogens with zero attached hydrogens (tertiary/aromatic N) is 1. The van der Waals surface area contributed by atoms with Crippen LogP contribution in [0.4, 0.5) is 0 Å². The largest absolute Gasteiger partial charge is 0.305 e. The summed E-state index contributed by atoms with van der Waals surface area (Å²) in [6.07, 6.45) is 0.749. The molecule has 11 heavy (non-hydrogen) atoms. The fraction of sp³-hybridized carbons (Fsp3) is 0.889. The average Bonchev–Trinajstić information content (AvgIpc) is 1.94. The summed E-state index contributed by atoms with van der Waals surface area (Å²) in [4.78, 5) is 13.6. The van der Waals surface area contributed by atoms with E-state index in [4.69, 9.17) is 0 Å². The minimum absolute atomic E-state index is 0.286. The van der Waals surface area contributed by atoms with Gasteiger partial charge in [-0.15, -0.1) is 0 Å². The van der Waals surface area contributed by atoms with Crippen molar-refractivity contribution in [1.82, 2.24) is 4.90 Å². The van der Waals surface area contributed by atoms with Crippen LogP contribution >= 0.6 is 0 Å². The first kappa shape index (κ1) is 8.72. The van der Waals surface area contributed by atoms with Gasteiger partial charge in [-0.1, -0.05) is 13.8 Å². The van der Waals surface area contributed by atoms with E-state index >= 15 is 0 Å². The van der Waals surface area contributed by atoms with Gasteiger partial charge in [0.25, 0.3) is 0 Å². The smallest absolute Gasteiger partial charge is 0.138 e. The van der Waals surface area contributed by atoms with Crippen molar-refractivity contribution in [1.29, 1.82) is 0 Å². The number of hydrogen-bond acceptors (Lipinski definition) is 2. The minimum Gasteiger partial charge on any atom is -0.305 e. The molecule has 2 nitrogen and oxygen atoms in total. The molecule has 0 spiro atoms. The molecule has 1 fully saturated rings. The van der Waals surface area contributed by atoms with Crippen molar-refractivity contribution < 1.29 is 4.79 Å². The highest BCUT2D eigenvalue weighted by molar-refractivity contribution is 5.82. The van der Waals surface area contributed by atoms with E-state index in [0.717, 1.165) is 19.5 Å². The van der Waals surface area contributed by atoms with Crippen LogP contribution in [-0.2, 0) is 4.79 Å². The third-order valence-corrected chi connectivity index (χ3v) is 2.47. The lowest BCUT2D eigenvalue weighted by Gasteiger charge is -2.30. The van der Waals surface area contributed by atoms with E-state index in [1.165, 1.54) is 0 Å². The van der Waals surface area contributed by atoms with E-state index in [0.29, 0.717) is 11.7 Å². The Kier molecular flexibility index (Phi) is 2.66. The highest BCUT2D eigenvalue weighted by Gasteiger charge is 2.27. The van der Waals surface area contributed by atoms with Crippen LogP contribution < -0.4 is 0 Å². The number of hydrogen-bond donors (Lipinski definition) is 0. The Morgan fingerprint density at radius 2 is 2.18 bits per heavy atom. The van der Waals surface area contributed by atoms with E-state index < -0.39 is 0 Å². The van der Waals surface area contributed by atoms with E-state index in [1.807, 2.05) is 0 Å².